The van der Waals surface area contributed by atoms with Gasteiger partial charge in [0, 0.05) is 16.6 Å². The molecule has 2 nitrogen and oxygen atoms in total. The molecule has 0 fully saturated rings. The molecule has 0 aliphatic rings. The van der Waals surface area contributed by atoms with Crippen LogP contribution in [-0.4, -0.2) is 4.98 Å². The normalized spacial score (nSPS) is 10.6. The fourth-order valence-electron chi connectivity index (χ4n) is 2.02. The Morgan fingerprint density at radius 3 is 2.65 bits per heavy atom. The van der Waals surface area contributed by atoms with Crippen LogP contribution in [0.15, 0.2) is 54.6 Å². The summed E-state index contributed by atoms with van der Waals surface area (Å²) in [5.41, 5.74) is 3.52. The van der Waals surface area contributed by atoms with Gasteiger partial charge in [0.1, 0.15) is 5.82 Å². The molecule has 0 aliphatic carbocycles. The number of anilines is 2. The van der Waals surface area contributed by atoms with E-state index in [0.717, 1.165) is 17.0 Å². The van der Waals surface area contributed by atoms with Crippen molar-refractivity contribution in [3.63, 3.8) is 0 Å². The molecular weight excluding hydrogens is 208 g/mol. The SMILES string of the molecule is Cc1cccc(Nc2cc3ccccc3[nH]2)c1. The summed E-state index contributed by atoms with van der Waals surface area (Å²) in [7, 11) is 0. The zero-order valence-electron chi connectivity index (χ0n) is 9.70. The van der Waals surface area contributed by atoms with E-state index >= 15 is 0 Å². The molecule has 17 heavy (non-hydrogen) atoms. The molecule has 0 saturated heterocycles. The Kier molecular flexibility index (Phi) is 2.33. The number of rotatable bonds is 2. The van der Waals surface area contributed by atoms with Crippen LogP contribution in [0.1, 0.15) is 5.56 Å². The van der Waals surface area contributed by atoms with Crippen LogP contribution in [0, 0.1) is 6.92 Å². The van der Waals surface area contributed by atoms with E-state index in [1.54, 1.807) is 0 Å². The fraction of sp³-hybridized carbons (Fsp3) is 0.0667. The van der Waals surface area contributed by atoms with Crippen LogP contribution in [0.2, 0.25) is 0 Å². The van der Waals surface area contributed by atoms with E-state index in [2.05, 4.69) is 59.7 Å². The summed E-state index contributed by atoms with van der Waals surface area (Å²) in [6, 6.07) is 18.7. The molecule has 2 N–H and O–H groups in total. The number of aromatic nitrogens is 1. The zero-order chi connectivity index (χ0) is 11.7. The molecule has 0 saturated carbocycles. The summed E-state index contributed by atoms with van der Waals surface area (Å²) in [5.74, 6) is 1.02. The number of fused-ring (bicyclic) bond motifs is 1. The first-order chi connectivity index (χ1) is 8.31. The summed E-state index contributed by atoms with van der Waals surface area (Å²) < 4.78 is 0. The molecule has 3 aromatic rings. The Balaban J connectivity index is 1.94. The third-order valence-corrected chi connectivity index (χ3v) is 2.83. The lowest BCUT2D eigenvalue weighted by molar-refractivity contribution is 1.40. The Morgan fingerprint density at radius 2 is 1.82 bits per heavy atom. The van der Waals surface area contributed by atoms with E-state index in [9.17, 15) is 0 Å². The molecule has 2 aromatic carbocycles. The highest BCUT2D eigenvalue weighted by Crippen LogP contribution is 2.22. The lowest BCUT2D eigenvalue weighted by Gasteiger charge is -2.04. The van der Waals surface area contributed by atoms with Crippen LogP contribution in [-0.2, 0) is 0 Å². The summed E-state index contributed by atoms with van der Waals surface area (Å²) in [6.45, 7) is 2.09. The van der Waals surface area contributed by atoms with Crippen molar-refractivity contribution in [3.05, 3.63) is 60.2 Å². The minimum Gasteiger partial charge on any atom is -0.342 e. The molecule has 0 unspecified atom stereocenters. The van der Waals surface area contributed by atoms with Gasteiger partial charge in [-0.05, 0) is 36.8 Å². The number of benzene rings is 2. The largest absolute Gasteiger partial charge is 0.342 e. The minimum atomic E-state index is 1.02. The van der Waals surface area contributed by atoms with Gasteiger partial charge in [-0.1, -0.05) is 30.3 Å². The average molecular weight is 222 g/mol. The summed E-state index contributed by atoms with van der Waals surface area (Å²) in [5, 5.41) is 4.60. The van der Waals surface area contributed by atoms with E-state index in [1.165, 1.54) is 10.9 Å². The van der Waals surface area contributed by atoms with Crippen molar-refractivity contribution in [2.45, 2.75) is 6.92 Å². The fourth-order valence-corrected chi connectivity index (χ4v) is 2.02. The predicted octanol–water partition coefficient (Wildman–Crippen LogP) is 4.22. The van der Waals surface area contributed by atoms with Crippen LogP contribution in [0.25, 0.3) is 10.9 Å². The topological polar surface area (TPSA) is 27.8 Å². The van der Waals surface area contributed by atoms with Gasteiger partial charge >= 0.3 is 0 Å². The molecule has 1 heterocycles. The number of aromatic amines is 1. The molecule has 84 valence electrons. The monoisotopic (exact) mass is 222 g/mol. The van der Waals surface area contributed by atoms with Gasteiger partial charge in [0.15, 0.2) is 0 Å². The molecule has 0 atom stereocenters. The van der Waals surface area contributed by atoms with Crippen molar-refractivity contribution < 1.29 is 0 Å². The maximum Gasteiger partial charge on any atom is 0.108 e. The number of hydrogen-bond donors (Lipinski definition) is 2. The van der Waals surface area contributed by atoms with Gasteiger partial charge in [0.05, 0.1) is 0 Å². The van der Waals surface area contributed by atoms with Crippen molar-refractivity contribution in [1.29, 1.82) is 0 Å². The van der Waals surface area contributed by atoms with Crippen molar-refractivity contribution in [2.75, 3.05) is 5.32 Å². The van der Waals surface area contributed by atoms with E-state index in [-0.39, 0.29) is 0 Å². The number of H-pyrrole nitrogens is 1. The van der Waals surface area contributed by atoms with Crippen LogP contribution in [0.4, 0.5) is 11.5 Å². The van der Waals surface area contributed by atoms with Crippen molar-refractivity contribution in [3.8, 4) is 0 Å². The van der Waals surface area contributed by atoms with E-state index in [4.69, 9.17) is 0 Å². The second-order valence-electron chi connectivity index (χ2n) is 4.26. The third kappa shape index (κ3) is 2.02. The Labute approximate surface area is 100 Å². The molecule has 0 radical (unpaired) electrons. The highest BCUT2D eigenvalue weighted by atomic mass is 15.0. The predicted molar refractivity (Wildman–Crippen MR) is 72.8 cm³/mol. The van der Waals surface area contributed by atoms with Crippen LogP contribution >= 0.6 is 0 Å². The molecule has 2 heteroatoms. The Morgan fingerprint density at radius 1 is 0.941 bits per heavy atom. The van der Waals surface area contributed by atoms with Crippen LogP contribution in [0.3, 0.4) is 0 Å². The lowest BCUT2D eigenvalue weighted by Crippen LogP contribution is -1.89. The van der Waals surface area contributed by atoms with Gasteiger partial charge in [-0.25, -0.2) is 0 Å². The Bertz CT molecular complexity index is 620. The van der Waals surface area contributed by atoms with Gasteiger partial charge in [-0.15, -0.1) is 0 Å². The first-order valence-electron chi connectivity index (χ1n) is 5.73. The first kappa shape index (κ1) is 9.97. The van der Waals surface area contributed by atoms with Gasteiger partial charge in [-0.2, -0.15) is 0 Å². The Hall–Kier alpha value is -2.22. The molecule has 0 bridgehead atoms. The number of nitrogens with one attached hydrogen (secondary N) is 2. The van der Waals surface area contributed by atoms with Gasteiger partial charge in [0.25, 0.3) is 0 Å². The maximum absolute atomic E-state index is 3.38. The molecular formula is C15H14N2. The summed E-state index contributed by atoms with van der Waals surface area (Å²) in [6.07, 6.45) is 0. The van der Waals surface area contributed by atoms with Crippen molar-refractivity contribution >= 4 is 22.4 Å². The van der Waals surface area contributed by atoms with Gasteiger partial charge in [0.2, 0.25) is 0 Å². The molecule has 0 amide bonds. The smallest absolute Gasteiger partial charge is 0.108 e. The number of para-hydroxylation sites is 1. The third-order valence-electron chi connectivity index (χ3n) is 2.83. The highest BCUT2D eigenvalue weighted by molar-refractivity contribution is 5.84. The number of aryl methyl sites for hydroxylation is 1. The molecule has 0 aliphatic heterocycles. The highest BCUT2D eigenvalue weighted by Gasteiger charge is 1.99. The summed E-state index contributed by atoms with van der Waals surface area (Å²) in [4.78, 5) is 3.35. The zero-order valence-corrected chi connectivity index (χ0v) is 9.70. The maximum atomic E-state index is 3.38. The lowest BCUT2D eigenvalue weighted by atomic mass is 10.2. The average Bonchev–Trinajstić information content (AvgIpc) is 2.71. The second kappa shape index (κ2) is 3.98. The number of hydrogen-bond acceptors (Lipinski definition) is 1. The minimum absolute atomic E-state index is 1.02. The van der Waals surface area contributed by atoms with Crippen molar-refractivity contribution in [1.82, 2.24) is 4.98 Å². The van der Waals surface area contributed by atoms with Gasteiger partial charge in [-0.3, -0.25) is 0 Å². The van der Waals surface area contributed by atoms with Gasteiger partial charge < -0.3 is 10.3 Å². The molecule has 3 rings (SSSR count). The van der Waals surface area contributed by atoms with E-state index < -0.39 is 0 Å². The first-order valence-corrected chi connectivity index (χ1v) is 5.73. The van der Waals surface area contributed by atoms with Crippen molar-refractivity contribution in [2.24, 2.45) is 0 Å². The van der Waals surface area contributed by atoms with E-state index in [0.29, 0.717) is 0 Å². The standard InChI is InChI=1S/C15H14N2/c1-11-5-4-7-13(9-11)16-15-10-12-6-2-3-8-14(12)17-15/h2-10,16-17H,1H3. The van der Waals surface area contributed by atoms with Crippen LogP contribution in [0.5, 0.6) is 0 Å². The second-order valence-corrected chi connectivity index (χ2v) is 4.26. The molecule has 1 aromatic heterocycles. The molecule has 0 spiro atoms. The quantitative estimate of drug-likeness (QED) is 0.667. The summed E-state index contributed by atoms with van der Waals surface area (Å²) >= 11 is 0. The van der Waals surface area contributed by atoms with Crippen LogP contribution < -0.4 is 5.32 Å². The van der Waals surface area contributed by atoms with E-state index in [1.807, 2.05) is 12.1 Å².